The molecule has 0 aliphatic heterocycles. The largest absolute Gasteiger partial charge is 0.439 e. The molecule has 0 saturated carbocycles. The van der Waals surface area contributed by atoms with E-state index in [0.29, 0.717) is 11.4 Å². The molecule has 0 bridgehead atoms. The number of carbonyl (C=O) groups is 1. The molecule has 0 fully saturated rings. The number of carbonyl (C=O) groups excluding carboxylic acids is 1. The lowest BCUT2D eigenvalue weighted by Gasteiger charge is -2.14. The second kappa shape index (κ2) is 8.34. The topological polar surface area (TPSA) is 91.9 Å². The summed E-state index contributed by atoms with van der Waals surface area (Å²) in [5, 5.41) is 12.8. The number of benzene rings is 2. The molecular weight excluding hydrogens is 411 g/mol. The van der Waals surface area contributed by atoms with Gasteiger partial charge >= 0.3 is 12.2 Å². The number of amides is 2. The lowest BCUT2D eigenvalue weighted by molar-refractivity contribution is -0.141. The van der Waals surface area contributed by atoms with Crippen LogP contribution in [-0.4, -0.2) is 21.2 Å². The predicted molar refractivity (Wildman–Crippen MR) is 108 cm³/mol. The predicted octanol–water partition coefficient (Wildman–Crippen LogP) is 5.09. The number of nitrogens with zero attached hydrogens (tertiary/aromatic N) is 2. The zero-order valence-corrected chi connectivity index (χ0v) is 15.9. The molecule has 0 spiro atoms. The van der Waals surface area contributed by atoms with Gasteiger partial charge in [-0.2, -0.15) is 18.3 Å². The number of alkyl halides is 3. The Morgan fingerprint density at radius 1 is 1.03 bits per heavy atom. The molecule has 0 radical (unpaired) electrons. The Morgan fingerprint density at radius 2 is 1.84 bits per heavy atom. The third-order valence-electron chi connectivity index (χ3n) is 4.36. The lowest BCUT2D eigenvalue weighted by Crippen LogP contribution is -2.28. The van der Waals surface area contributed by atoms with Crippen molar-refractivity contribution in [1.29, 1.82) is 0 Å². The van der Waals surface area contributed by atoms with E-state index in [-0.39, 0.29) is 18.0 Å². The van der Waals surface area contributed by atoms with E-state index in [4.69, 9.17) is 4.74 Å². The van der Waals surface area contributed by atoms with Gasteiger partial charge in [0.05, 0.1) is 17.4 Å². The number of halogens is 3. The summed E-state index contributed by atoms with van der Waals surface area (Å²) in [7, 11) is 0. The normalized spacial score (nSPS) is 11.3. The number of nitrogens with one attached hydrogen (secondary N) is 3. The van der Waals surface area contributed by atoms with Gasteiger partial charge in [0, 0.05) is 17.5 Å². The number of fused-ring (bicyclic) bond motifs is 1. The third kappa shape index (κ3) is 4.74. The summed E-state index contributed by atoms with van der Waals surface area (Å²) in [5.41, 5.74) is 0.491. The molecule has 0 aliphatic rings. The third-order valence-corrected chi connectivity index (χ3v) is 4.36. The van der Waals surface area contributed by atoms with Crippen LogP contribution in [0.4, 0.5) is 23.7 Å². The number of urea groups is 1. The van der Waals surface area contributed by atoms with E-state index >= 15 is 0 Å². The average Bonchev–Trinajstić information content (AvgIpc) is 3.23. The molecule has 0 aliphatic carbocycles. The maximum atomic E-state index is 13.1. The number of anilines is 1. The minimum absolute atomic E-state index is 0.0967. The molecule has 10 heteroatoms. The van der Waals surface area contributed by atoms with E-state index in [0.717, 1.165) is 17.0 Å². The van der Waals surface area contributed by atoms with Crippen molar-refractivity contribution in [2.24, 2.45) is 0 Å². The number of rotatable bonds is 5. The van der Waals surface area contributed by atoms with Crippen LogP contribution in [0.15, 0.2) is 66.9 Å². The molecule has 0 unspecified atom stereocenters. The van der Waals surface area contributed by atoms with Crippen molar-refractivity contribution >= 4 is 22.6 Å². The first kappa shape index (κ1) is 20.2. The van der Waals surface area contributed by atoms with Crippen LogP contribution in [0.25, 0.3) is 10.9 Å². The van der Waals surface area contributed by atoms with Crippen molar-refractivity contribution < 1.29 is 22.7 Å². The Labute approximate surface area is 174 Å². The first-order chi connectivity index (χ1) is 14.9. The van der Waals surface area contributed by atoms with Crippen molar-refractivity contribution in [3.8, 4) is 11.6 Å². The minimum atomic E-state index is -4.62. The summed E-state index contributed by atoms with van der Waals surface area (Å²) in [5.74, 6) is 0.0879. The fourth-order valence-electron chi connectivity index (χ4n) is 2.87. The second-order valence-electron chi connectivity index (χ2n) is 6.52. The van der Waals surface area contributed by atoms with Gasteiger partial charge in [0.25, 0.3) is 0 Å². The van der Waals surface area contributed by atoms with Gasteiger partial charge in [-0.25, -0.2) is 9.78 Å². The maximum Gasteiger partial charge on any atom is 0.433 e. The van der Waals surface area contributed by atoms with Crippen molar-refractivity contribution in [3.63, 3.8) is 0 Å². The maximum absolute atomic E-state index is 13.1. The zero-order chi connectivity index (χ0) is 21.8. The molecule has 0 saturated heterocycles. The van der Waals surface area contributed by atoms with E-state index in [1.54, 1.807) is 48.7 Å². The van der Waals surface area contributed by atoms with Gasteiger partial charge in [0.1, 0.15) is 11.4 Å². The van der Waals surface area contributed by atoms with Crippen molar-refractivity contribution in [2.75, 3.05) is 5.32 Å². The molecule has 2 aromatic heterocycles. The van der Waals surface area contributed by atoms with Crippen LogP contribution in [0.2, 0.25) is 0 Å². The molecule has 3 N–H and O–H groups in total. The van der Waals surface area contributed by atoms with Crippen LogP contribution in [-0.2, 0) is 12.7 Å². The van der Waals surface area contributed by atoms with E-state index in [1.165, 1.54) is 6.07 Å². The minimum Gasteiger partial charge on any atom is -0.439 e. The number of hydrogen-bond donors (Lipinski definition) is 3. The molecule has 2 heterocycles. The quantitative estimate of drug-likeness (QED) is 0.414. The van der Waals surface area contributed by atoms with Crippen LogP contribution < -0.4 is 15.4 Å². The van der Waals surface area contributed by atoms with Gasteiger partial charge < -0.3 is 15.4 Å². The SMILES string of the molecule is O=C(NCc1ccc(C(F)(F)F)nc1Oc1ccccc1)Nc1cccc2[nH]ncc12. The molecule has 4 rings (SSSR count). The Hall–Kier alpha value is -4.08. The van der Waals surface area contributed by atoms with Gasteiger partial charge in [-0.1, -0.05) is 24.3 Å². The Balaban J connectivity index is 1.51. The summed E-state index contributed by atoms with van der Waals surface area (Å²) in [6.07, 6.45) is -3.04. The van der Waals surface area contributed by atoms with Crippen molar-refractivity contribution in [3.05, 3.63) is 78.1 Å². The van der Waals surface area contributed by atoms with Gasteiger partial charge in [-0.05, 0) is 36.4 Å². The van der Waals surface area contributed by atoms with E-state index in [2.05, 4.69) is 25.8 Å². The fourth-order valence-corrected chi connectivity index (χ4v) is 2.87. The Bertz CT molecular complexity index is 1210. The molecule has 31 heavy (non-hydrogen) atoms. The lowest BCUT2D eigenvalue weighted by atomic mass is 10.2. The highest BCUT2D eigenvalue weighted by Gasteiger charge is 2.33. The van der Waals surface area contributed by atoms with Crippen molar-refractivity contribution in [2.45, 2.75) is 12.7 Å². The number of H-pyrrole nitrogens is 1. The average molecular weight is 427 g/mol. The smallest absolute Gasteiger partial charge is 0.433 e. The molecule has 7 nitrogen and oxygen atoms in total. The van der Waals surface area contributed by atoms with Crippen LogP contribution in [0, 0.1) is 0 Å². The van der Waals surface area contributed by atoms with Crippen molar-refractivity contribution in [1.82, 2.24) is 20.5 Å². The highest BCUT2D eigenvalue weighted by molar-refractivity contribution is 6.00. The molecule has 0 atom stereocenters. The Morgan fingerprint density at radius 3 is 2.61 bits per heavy atom. The monoisotopic (exact) mass is 427 g/mol. The summed E-state index contributed by atoms with van der Waals surface area (Å²) in [4.78, 5) is 16.0. The van der Waals surface area contributed by atoms with E-state index in [1.807, 2.05) is 6.07 Å². The van der Waals surface area contributed by atoms with Crippen LogP contribution in [0.3, 0.4) is 0 Å². The number of para-hydroxylation sites is 1. The highest BCUT2D eigenvalue weighted by Crippen LogP contribution is 2.32. The second-order valence-corrected chi connectivity index (χ2v) is 6.52. The standard InChI is InChI=1S/C21H16F3N5O2/c22-21(23,24)18-10-9-13(19(28-18)31-14-5-2-1-3-6-14)11-25-20(30)27-16-7-4-8-17-15(16)12-26-29-17/h1-10,12H,11H2,(H,26,29)(H2,25,27,30). The number of ether oxygens (including phenoxy) is 1. The van der Waals surface area contributed by atoms with Gasteiger partial charge in [-0.3, -0.25) is 5.10 Å². The zero-order valence-electron chi connectivity index (χ0n) is 15.9. The summed E-state index contributed by atoms with van der Waals surface area (Å²) < 4.78 is 44.8. The first-order valence-electron chi connectivity index (χ1n) is 9.17. The highest BCUT2D eigenvalue weighted by atomic mass is 19.4. The summed E-state index contributed by atoms with van der Waals surface area (Å²) in [6, 6.07) is 15.1. The van der Waals surface area contributed by atoms with Crippen LogP contribution in [0.5, 0.6) is 11.6 Å². The molecule has 2 aromatic carbocycles. The van der Waals surface area contributed by atoms with Gasteiger partial charge in [0.15, 0.2) is 0 Å². The molecular formula is C21H16F3N5O2. The summed E-state index contributed by atoms with van der Waals surface area (Å²) in [6.45, 7) is -0.0967. The van der Waals surface area contributed by atoms with E-state index < -0.39 is 17.9 Å². The summed E-state index contributed by atoms with van der Waals surface area (Å²) >= 11 is 0. The van der Waals surface area contributed by atoms with Gasteiger partial charge in [0.2, 0.25) is 5.88 Å². The molecule has 2 amide bonds. The van der Waals surface area contributed by atoms with Crippen LogP contribution >= 0.6 is 0 Å². The number of hydrogen-bond acceptors (Lipinski definition) is 4. The molecule has 4 aromatic rings. The number of aromatic nitrogens is 3. The van der Waals surface area contributed by atoms with Crippen LogP contribution in [0.1, 0.15) is 11.3 Å². The number of aromatic amines is 1. The fraction of sp³-hybridized carbons (Fsp3) is 0.0952. The number of pyridine rings is 1. The van der Waals surface area contributed by atoms with E-state index in [9.17, 15) is 18.0 Å². The molecule has 158 valence electrons. The Kier molecular flexibility index (Phi) is 5.44. The first-order valence-corrected chi connectivity index (χ1v) is 9.17. The van der Waals surface area contributed by atoms with Gasteiger partial charge in [-0.15, -0.1) is 0 Å².